The van der Waals surface area contributed by atoms with Gasteiger partial charge in [0.25, 0.3) is 0 Å². The molecule has 0 saturated heterocycles. The first-order valence-corrected chi connectivity index (χ1v) is 6.70. The Bertz CT molecular complexity index is 405. The maximum absolute atomic E-state index is 6.11. The molecule has 2 rings (SSSR count). The molecule has 1 atom stereocenters. The molecule has 2 N–H and O–H groups in total. The fourth-order valence-corrected chi connectivity index (χ4v) is 3.01. The lowest BCUT2D eigenvalue weighted by atomic mass is 9.85. The number of rotatable bonds is 5. The van der Waals surface area contributed by atoms with E-state index in [1.165, 1.54) is 11.3 Å². The van der Waals surface area contributed by atoms with Gasteiger partial charge < -0.3 is 15.4 Å². The first-order valence-electron chi connectivity index (χ1n) is 6.70. The predicted molar refractivity (Wildman–Crippen MR) is 76.0 cm³/mol. The zero-order valence-corrected chi connectivity index (χ0v) is 11.6. The molecule has 0 aliphatic carbocycles. The average molecular weight is 248 g/mol. The van der Waals surface area contributed by atoms with Crippen LogP contribution in [-0.2, 0) is 11.2 Å². The zero-order chi connectivity index (χ0) is 13.2. The quantitative estimate of drug-likeness (QED) is 0.866. The van der Waals surface area contributed by atoms with E-state index in [9.17, 15) is 0 Å². The summed E-state index contributed by atoms with van der Waals surface area (Å²) < 4.78 is 5.47. The highest BCUT2D eigenvalue weighted by Crippen LogP contribution is 2.36. The third-order valence-corrected chi connectivity index (χ3v) is 4.25. The molecule has 18 heavy (non-hydrogen) atoms. The fourth-order valence-electron chi connectivity index (χ4n) is 3.01. The largest absolute Gasteiger partial charge is 0.382 e. The highest BCUT2D eigenvalue weighted by molar-refractivity contribution is 5.60. The Morgan fingerprint density at radius 3 is 2.72 bits per heavy atom. The number of nitrogens with two attached hydrogens (primary N) is 1. The smallest absolute Gasteiger partial charge is 0.0779 e. The Labute approximate surface area is 110 Å². The number of ether oxygens (including phenoxy) is 1. The van der Waals surface area contributed by atoms with Gasteiger partial charge in [-0.15, -0.1) is 0 Å². The molecule has 1 aliphatic heterocycles. The molecular weight excluding hydrogens is 224 g/mol. The fraction of sp³-hybridized carbons (Fsp3) is 0.600. The minimum absolute atomic E-state index is 0.0959. The molecule has 0 saturated carbocycles. The summed E-state index contributed by atoms with van der Waals surface area (Å²) in [5.41, 5.74) is 8.76. The molecule has 3 heteroatoms. The summed E-state index contributed by atoms with van der Waals surface area (Å²) >= 11 is 0. The monoisotopic (exact) mass is 248 g/mol. The van der Waals surface area contributed by atoms with Crippen molar-refractivity contribution in [1.82, 2.24) is 0 Å². The van der Waals surface area contributed by atoms with Crippen LogP contribution >= 0.6 is 0 Å². The van der Waals surface area contributed by atoms with Crippen molar-refractivity contribution in [3.05, 3.63) is 29.8 Å². The first kappa shape index (κ1) is 13.4. The summed E-state index contributed by atoms with van der Waals surface area (Å²) in [6.07, 6.45) is 1.11. The summed E-state index contributed by atoms with van der Waals surface area (Å²) in [5.74, 6) is 0.452. The molecule has 1 aromatic carbocycles. The van der Waals surface area contributed by atoms with Gasteiger partial charge >= 0.3 is 0 Å². The molecular formula is C15H24N2O. The van der Waals surface area contributed by atoms with Crippen molar-refractivity contribution < 1.29 is 4.74 Å². The second-order valence-electron chi connectivity index (χ2n) is 5.43. The minimum atomic E-state index is -0.0959. The van der Waals surface area contributed by atoms with Crippen LogP contribution in [0.15, 0.2) is 24.3 Å². The van der Waals surface area contributed by atoms with Gasteiger partial charge in [0.15, 0.2) is 0 Å². The van der Waals surface area contributed by atoms with Crippen molar-refractivity contribution in [1.29, 1.82) is 0 Å². The number of hydrogen-bond donors (Lipinski definition) is 1. The number of para-hydroxylation sites is 1. The number of hydrogen-bond acceptors (Lipinski definition) is 3. The van der Waals surface area contributed by atoms with E-state index in [1.807, 2.05) is 0 Å². The van der Waals surface area contributed by atoms with Crippen LogP contribution in [0.5, 0.6) is 0 Å². The third-order valence-electron chi connectivity index (χ3n) is 4.25. The normalized spacial score (nSPS) is 17.9. The van der Waals surface area contributed by atoms with Crippen LogP contribution in [-0.4, -0.2) is 32.3 Å². The van der Waals surface area contributed by atoms with Gasteiger partial charge in [0, 0.05) is 25.9 Å². The van der Waals surface area contributed by atoms with Crippen LogP contribution in [0.4, 0.5) is 5.69 Å². The lowest BCUT2D eigenvalue weighted by Crippen LogP contribution is -2.60. The van der Waals surface area contributed by atoms with Crippen molar-refractivity contribution >= 4 is 5.69 Å². The van der Waals surface area contributed by atoms with E-state index < -0.39 is 0 Å². The van der Waals surface area contributed by atoms with Crippen LogP contribution in [0, 0.1) is 5.92 Å². The lowest BCUT2D eigenvalue weighted by Gasteiger charge is -2.45. The van der Waals surface area contributed by atoms with Crippen LogP contribution in [0.25, 0.3) is 0 Å². The molecule has 1 unspecified atom stereocenters. The Balaban J connectivity index is 2.39. The molecule has 0 radical (unpaired) electrons. The summed E-state index contributed by atoms with van der Waals surface area (Å²) in [6.45, 7) is 6.79. The van der Waals surface area contributed by atoms with Crippen LogP contribution < -0.4 is 10.6 Å². The van der Waals surface area contributed by atoms with Gasteiger partial charge in [-0.3, -0.25) is 0 Å². The lowest BCUT2D eigenvalue weighted by molar-refractivity contribution is 0.104. The van der Waals surface area contributed by atoms with E-state index in [1.54, 1.807) is 7.11 Å². The van der Waals surface area contributed by atoms with E-state index in [0.29, 0.717) is 19.1 Å². The molecule has 3 nitrogen and oxygen atoms in total. The van der Waals surface area contributed by atoms with E-state index in [2.05, 4.69) is 43.0 Å². The summed E-state index contributed by atoms with van der Waals surface area (Å²) in [6, 6.07) is 8.62. The topological polar surface area (TPSA) is 38.5 Å². The standard InChI is InChI=1S/C15H24N2O/c1-12(2)15(10-16,11-18-3)17-9-8-13-6-4-5-7-14(13)17/h4-7,12H,8-11,16H2,1-3H3. The summed E-state index contributed by atoms with van der Waals surface area (Å²) in [7, 11) is 1.76. The van der Waals surface area contributed by atoms with Gasteiger partial charge in [0.1, 0.15) is 0 Å². The summed E-state index contributed by atoms with van der Waals surface area (Å²) in [5, 5.41) is 0. The number of nitrogens with zero attached hydrogens (tertiary/aromatic N) is 1. The third kappa shape index (κ3) is 2.02. The molecule has 1 heterocycles. The molecule has 1 aliphatic rings. The molecule has 0 bridgehead atoms. The minimum Gasteiger partial charge on any atom is -0.382 e. The molecule has 0 spiro atoms. The second-order valence-corrected chi connectivity index (χ2v) is 5.43. The molecule has 1 aromatic rings. The Morgan fingerprint density at radius 1 is 1.39 bits per heavy atom. The molecule has 0 amide bonds. The van der Waals surface area contributed by atoms with E-state index in [-0.39, 0.29) is 5.54 Å². The number of fused-ring (bicyclic) bond motifs is 1. The Kier molecular flexibility index (Phi) is 3.93. The Hall–Kier alpha value is -1.06. The van der Waals surface area contributed by atoms with E-state index in [4.69, 9.17) is 10.5 Å². The van der Waals surface area contributed by atoms with Crippen molar-refractivity contribution in [2.45, 2.75) is 25.8 Å². The van der Waals surface area contributed by atoms with Crippen molar-refractivity contribution in [2.75, 3.05) is 31.7 Å². The highest BCUT2D eigenvalue weighted by atomic mass is 16.5. The van der Waals surface area contributed by atoms with Gasteiger partial charge in [-0.1, -0.05) is 32.0 Å². The highest BCUT2D eigenvalue weighted by Gasteiger charge is 2.41. The molecule has 0 fully saturated rings. The van der Waals surface area contributed by atoms with Gasteiger partial charge in [-0.05, 0) is 24.0 Å². The first-order chi connectivity index (χ1) is 8.65. The van der Waals surface area contributed by atoms with Crippen molar-refractivity contribution in [3.63, 3.8) is 0 Å². The average Bonchev–Trinajstić information content (AvgIpc) is 2.80. The predicted octanol–water partition coefficient (Wildman–Crippen LogP) is 2.05. The molecule has 0 aromatic heterocycles. The number of anilines is 1. The van der Waals surface area contributed by atoms with Gasteiger partial charge in [0.05, 0.1) is 12.1 Å². The summed E-state index contributed by atoms with van der Waals surface area (Å²) in [4.78, 5) is 2.45. The zero-order valence-electron chi connectivity index (χ0n) is 11.6. The number of methoxy groups -OCH3 is 1. The van der Waals surface area contributed by atoms with Crippen LogP contribution in [0.2, 0.25) is 0 Å². The SMILES string of the molecule is COCC(CN)(C(C)C)N1CCc2ccccc21. The number of benzene rings is 1. The maximum atomic E-state index is 6.11. The van der Waals surface area contributed by atoms with Gasteiger partial charge in [-0.2, -0.15) is 0 Å². The van der Waals surface area contributed by atoms with Crippen LogP contribution in [0.3, 0.4) is 0 Å². The Morgan fingerprint density at radius 2 is 2.11 bits per heavy atom. The van der Waals surface area contributed by atoms with E-state index >= 15 is 0 Å². The van der Waals surface area contributed by atoms with Crippen LogP contribution in [0.1, 0.15) is 19.4 Å². The van der Waals surface area contributed by atoms with Gasteiger partial charge in [-0.25, -0.2) is 0 Å². The molecule has 100 valence electrons. The van der Waals surface area contributed by atoms with E-state index in [0.717, 1.165) is 13.0 Å². The maximum Gasteiger partial charge on any atom is 0.0779 e. The second kappa shape index (κ2) is 5.29. The van der Waals surface area contributed by atoms with Crippen molar-refractivity contribution in [2.24, 2.45) is 11.7 Å². The van der Waals surface area contributed by atoms with Gasteiger partial charge in [0.2, 0.25) is 0 Å². The van der Waals surface area contributed by atoms with Crippen molar-refractivity contribution in [3.8, 4) is 0 Å².